The molecule has 2 saturated heterocycles. The Labute approximate surface area is 110 Å². The number of nitrogens with zero attached hydrogens (tertiary/aromatic N) is 3. The zero-order valence-corrected chi connectivity index (χ0v) is 11.3. The molecular weight excluding hydrogens is 222 g/mol. The average Bonchev–Trinajstić information content (AvgIpc) is 2.98. The normalized spacial score (nSPS) is 25.9. The van der Waals surface area contributed by atoms with Crippen molar-refractivity contribution in [1.29, 1.82) is 0 Å². The largest absolute Gasteiger partial charge is 0.299 e. The molecule has 1 aromatic heterocycles. The lowest BCUT2D eigenvalue weighted by Gasteiger charge is -2.23. The van der Waals surface area contributed by atoms with E-state index in [-0.39, 0.29) is 0 Å². The first-order valence-electron chi connectivity index (χ1n) is 7.20. The SMILES string of the molecule is Cc1cccc(CN2CCC(N3CCCC3)C2)n1. The van der Waals surface area contributed by atoms with Gasteiger partial charge in [-0.2, -0.15) is 0 Å². The van der Waals surface area contributed by atoms with Crippen molar-refractivity contribution in [1.82, 2.24) is 14.8 Å². The van der Waals surface area contributed by atoms with Gasteiger partial charge in [-0.3, -0.25) is 14.8 Å². The maximum Gasteiger partial charge on any atom is 0.0547 e. The van der Waals surface area contributed by atoms with Crippen LogP contribution in [-0.4, -0.2) is 47.0 Å². The summed E-state index contributed by atoms with van der Waals surface area (Å²) in [7, 11) is 0. The lowest BCUT2D eigenvalue weighted by atomic mass is 10.2. The number of pyridine rings is 1. The number of rotatable bonds is 3. The summed E-state index contributed by atoms with van der Waals surface area (Å²) in [5.74, 6) is 0. The molecule has 0 radical (unpaired) electrons. The van der Waals surface area contributed by atoms with E-state index in [1.807, 2.05) is 0 Å². The molecule has 3 heteroatoms. The van der Waals surface area contributed by atoms with E-state index >= 15 is 0 Å². The van der Waals surface area contributed by atoms with Crippen LogP contribution in [0.25, 0.3) is 0 Å². The number of aromatic nitrogens is 1. The van der Waals surface area contributed by atoms with Gasteiger partial charge < -0.3 is 0 Å². The molecule has 1 aromatic rings. The smallest absolute Gasteiger partial charge is 0.0547 e. The quantitative estimate of drug-likeness (QED) is 0.812. The topological polar surface area (TPSA) is 19.4 Å². The lowest BCUT2D eigenvalue weighted by Crippen LogP contribution is -2.35. The van der Waals surface area contributed by atoms with Crippen molar-refractivity contribution in [3.63, 3.8) is 0 Å². The summed E-state index contributed by atoms with van der Waals surface area (Å²) in [5.41, 5.74) is 2.35. The fraction of sp³-hybridized carbons (Fsp3) is 0.667. The van der Waals surface area contributed by atoms with Gasteiger partial charge in [0.2, 0.25) is 0 Å². The van der Waals surface area contributed by atoms with Gasteiger partial charge in [0.15, 0.2) is 0 Å². The maximum absolute atomic E-state index is 4.60. The summed E-state index contributed by atoms with van der Waals surface area (Å²) >= 11 is 0. The number of hydrogen-bond donors (Lipinski definition) is 0. The van der Waals surface area contributed by atoms with Crippen LogP contribution in [0.15, 0.2) is 18.2 Å². The second-order valence-corrected chi connectivity index (χ2v) is 5.69. The highest BCUT2D eigenvalue weighted by Crippen LogP contribution is 2.21. The zero-order valence-electron chi connectivity index (χ0n) is 11.3. The standard InChI is InChI=1S/C15H23N3/c1-13-5-4-6-14(16-13)11-17-10-7-15(12-17)18-8-2-3-9-18/h4-6,15H,2-3,7-12H2,1H3. The van der Waals surface area contributed by atoms with Crippen LogP contribution in [0.2, 0.25) is 0 Å². The Morgan fingerprint density at radius 2 is 2.06 bits per heavy atom. The van der Waals surface area contributed by atoms with Gasteiger partial charge in [-0.05, 0) is 51.4 Å². The van der Waals surface area contributed by atoms with E-state index in [1.165, 1.54) is 51.1 Å². The Balaban J connectivity index is 1.55. The average molecular weight is 245 g/mol. The van der Waals surface area contributed by atoms with Gasteiger partial charge >= 0.3 is 0 Å². The van der Waals surface area contributed by atoms with E-state index in [0.29, 0.717) is 0 Å². The number of aryl methyl sites for hydroxylation is 1. The van der Waals surface area contributed by atoms with Crippen molar-refractivity contribution in [3.05, 3.63) is 29.6 Å². The molecule has 2 fully saturated rings. The van der Waals surface area contributed by atoms with E-state index in [4.69, 9.17) is 0 Å². The van der Waals surface area contributed by atoms with Crippen LogP contribution < -0.4 is 0 Å². The van der Waals surface area contributed by atoms with Gasteiger partial charge in [-0.1, -0.05) is 6.07 Å². The molecule has 0 bridgehead atoms. The Morgan fingerprint density at radius 1 is 1.22 bits per heavy atom. The molecular formula is C15H23N3. The summed E-state index contributed by atoms with van der Waals surface area (Å²) in [5, 5.41) is 0. The van der Waals surface area contributed by atoms with Crippen LogP contribution in [0.4, 0.5) is 0 Å². The monoisotopic (exact) mass is 245 g/mol. The number of likely N-dealkylation sites (tertiary alicyclic amines) is 2. The van der Waals surface area contributed by atoms with Crippen LogP contribution in [0.3, 0.4) is 0 Å². The Morgan fingerprint density at radius 3 is 2.83 bits per heavy atom. The van der Waals surface area contributed by atoms with Crippen molar-refractivity contribution in [2.45, 2.75) is 38.8 Å². The molecule has 3 nitrogen and oxygen atoms in total. The van der Waals surface area contributed by atoms with Gasteiger partial charge in [0.05, 0.1) is 5.69 Å². The van der Waals surface area contributed by atoms with E-state index in [0.717, 1.165) is 18.3 Å². The molecule has 2 aliphatic heterocycles. The minimum atomic E-state index is 0.803. The molecule has 0 amide bonds. The zero-order chi connectivity index (χ0) is 12.4. The van der Waals surface area contributed by atoms with Gasteiger partial charge in [-0.15, -0.1) is 0 Å². The van der Waals surface area contributed by atoms with Crippen LogP contribution >= 0.6 is 0 Å². The van der Waals surface area contributed by atoms with Crippen molar-refractivity contribution in [2.24, 2.45) is 0 Å². The highest BCUT2D eigenvalue weighted by molar-refractivity contribution is 5.10. The molecule has 0 aliphatic carbocycles. The second-order valence-electron chi connectivity index (χ2n) is 5.69. The summed E-state index contributed by atoms with van der Waals surface area (Å²) in [4.78, 5) is 9.85. The first-order chi connectivity index (χ1) is 8.81. The summed E-state index contributed by atoms with van der Waals surface area (Å²) in [6.07, 6.45) is 4.14. The Hall–Kier alpha value is -0.930. The van der Waals surface area contributed by atoms with Crippen LogP contribution in [0.1, 0.15) is 30.7 Å². The van der Waals surface area contributed by atoms with Crippen molar-refractivity contribution < 1.29 is 0 Å². The third-order valence-corrected chi connectivity index (χ3v) is 4.24. The predicted octanol–water partition coefficient (Wildman–Crippen LogP) is 2.06. The highest BCUT2D eigenvalue weighted by Gasteiger charge is 2.29. The second kappa shape index (κ2) is 5.37. The molecule has 0 aromatic carbocycles. The van der Waals surface area contributed by atoms with Gasteiger partial charge in [-0.25, -0.2) is 0 Å². The third kappa shape index (κ3) is 2.73. The molecule has 0 N–H and O–H groups in total. The fourth-order valence-electron chi connectivity index (χ4n) is 3.28. The summed E-state index contributed by atoms with van der Waals surface area (Å²) in [6, 6.07) is 7.14. The number of hydrogen-bond acceptors (Lipinski definition) is 3. The Bertz CT molecular complexity index is 398. The molecule has 98 valence electrons. The minimum absolute atomic E-state index is 0.803. The van der Waals surface area contributed by atoms with Crippen molar-refractivity contribution in [3.8, 4) is 0 Å². The molecule has 1 atom stereocenters. The fourth-order valence-corrected chi connectivity index (χ4v) is 3.28. The Kier molecular flexibility index (Phi) is 3.62. The van der Waals surface area contributed by atoms with E-state index in [1.54, 1.807) is 0 Å². The van der Waals surface area contributed by atoms with E-state index in [2.05, 4.69) is 39.9 Å². The summed E-state index contributed by atoms with van der Waals surface area (Å²) in [6.45, 7) is 8.20. The van der Waals surface area contributed by atoms with Crippen LogP contribution in [0.5, 0.6) is 0 Å². The first kappa shape index (κ1) is 12.1. The molecule has 1 unspecified atom stereocenters. The van der Waals surface area contributed by atoms with Crippen molar-refractivity contribution >= 4 is 0 Å². The third-order valence-electron chi connectivity index (χ3n) is 4.24. The minimum Gasteiger partial charge on any atom is -0.299 e. The molecule has 0 saturated carbocycles. The highest BCUT2D eigenvalue weighted by atomic mass is 15.3. The maximum atomic E-state index is 4.60. The first-order valence-corrected chi connectivity index (χ1v) is 7.20. The summed E-state index contributed by atoms with van der Waals surface area (Å²) < 4.78 is 0. The van der Waals surface area contributed by atoms with Gasteiger partial charge in [0.1, 0.15) is 0 Å². The predicted molar refractivity (Wildman–Crippen MR) is 73.5 cm³/mol. The van der Waals surface area contributed by atoms with Gasteiger partial charge in [0.25, 0.3) is 0 Å². The van der Waals surface area contributed by atoms with E-state index < -0.39 is 0 Å². The van der Waals surface area contributed by atoms with Gasteiger partial charge in [0, 0.05) is 31.4 Å². The molecule has 18 heavy (non-hydrogen) atoms. The van der Waals surface area contributed by atoms with Crippen LogP contribution in [0, 0.1) is 6.92 Å². The van der Waals surface area contributed by atoms with Crippen LogP contribution in [-0.2, 0) is 6.54 Å². The molecule has 3 rings (SSSR count). The van der Waals surface area contributed by atoms with Crippen molar-refractivity contribution in [2.75, 3.05) is 26.2 Å². The van der Waals surface area contributed by atoms with E-state index in [9.17, 15) is 0 Å². The molecule has 2 aliphatic rings. The molecule has 0 spiro atoms. The molecule has 3 heterocycles. The lowest BCUT2D eigenvalue weighted by molar-refractivity contribution is 0.229.